The molecule has 0 amide bonds. The molecule has 20 heavy (non-hydrogen) atoms. The van der Waals surface area contributed by atoms with E-state index in [4.69, 9.17) is 5.73 Å². The maximum atomic E-state index is 12.7. The number of hydrogen-bond acceptors (Lipinski definition) is 3. The van der Waals surface area contributed by atoms with E-state index < -0.39 is 11.7 Å². The molecule has 3 nitrogen and oxygen atoms in total. The van der Waals surface area contributed by atoms with Gasteiger partial charge >= 0.3 is 6.18 Å². The van der Waals surface area contributed by atoms with E-state index in [2.05, 4.69) is 4.98 Å². The number of halogens is 3. The number of hydrogen-bond donors (Lipinski definition) is 1. The van der Waals surface area contributed by atoms with Crippen molar-refractivity contribution in [1.82, 2.24) is 9.55 Å². The van der Waals surface area contributed by atoms with Crippen molar-refractivity contribution in [3.63, 3.8) is 0 Å². The summed E-state index contributed by atoms with van der Waals surface area (Å²) in [6, 6.07) is 3.31. The smallest absolute Gasteiger partial charge is 0.330 e. The Kier molecular flexibility index (Phi) is 4.29. The molecule has 0 aliphatic rings. The molecule has 2 N–H and O–H groups in total. The Balaban J connectivity index is 2.42. The van der Waals surface area contributed by atoms with Crippen LogP contribution in [-0.4, -0.2) is 21.6 Å². The van der Waals surface area contributed by atoms with Gasteiger partial charge in [-0.3, -0.25) is 0 Å². The number of aromatic nitrogens is 2. The van der Waals surface area contributed by atoms with E-state index in [0.29, 0.717) is 16.9 Å². The summed E-state index contributed by atoms with van der Waals surface area (Å²) in [5.41, 5.74) is 6.35. The zero-order chi connectivity index (χ0) is 14.9. The van der Waals surface area contributed by atoms with Gasteiger partial charge in [0.25, 0.3) is 0 Å². The molecule has 1 atom stereocenters. The van der Waals surface area contributed by atoms with E-state index in [1.807, 2.05) is 6.26 Å². The molecule has 7 heteroatoms. The van der Waals surface area contributed by atoms with Gasteiger partial charge in [-0.25, -0.2) is 4.98 Å². The molecule has 0 saturated carbocycles. The van der Waals surface area contributed by atoms with Gasteiger partial charge in [0, 0.05) is 7.05 Å². The molecule has 0 spiro atoms. The third-order valence-corrected chi connectivity index (χ3v) is 3.85. The lowest BCUT2D eigenvalue weighted by molar-refractivity contribution is -0.137. The van der Waals surface area contributed by atoms with Crippen LogP contribution in [-0.2, 0) is 13.2 Å². The highest BCUT2D eigenvalue weighted by molar-refractivity contribution is 7.98. The van der Waals surface area contributed by atoms with E-state index in [9.17, 15) is 13.2 Å². The van der Waals surface area contributed by atoms with Crippen LogP contribution in [0.25, 0.3) is 11.0 Å². The molecule has 2 rings (SSSR count). The van der Waals surface area contributed by atoms with Crippen molar-refractivity contribution in [2.45, 2.75) is 18.6 Å². The van der Waals surface area contributed by atoms with E-state index in [1.54, 1.807) is 23.4 Å². The highest BCUT2D eigenvalue weighted by atomic mass is 32.2. The Hall–Kier alpha value is -1.21. The summed E-state index contributed by atoms with van der Waals surface area (Å²) in [6.45, 7) is 0. The highest BCUT2D eigenvalue weighted by Gasteiger charge is 2.31. The van der Waals surface area contributed by atoms with Gasteiger partial charge in [-0.15, -0.1) is 0 Å². The van der Waals surface area contributed by atoms with Crippen LogP contribution >= 0.6 is 11.8 Å². The third-order valence-electron chi connectivity index (χ3n) is 3.21. The second kappa shape index (κ2) is 5.65. The summed E-state index contributed by atoms with van der Waals surface area (Å²) in [4.78, 5) is 4.27. The van der Waals surface area contributed by atoms with Crippen LogP contribution in [0.5, 0.6) is 0 Å². The molecular weight excluding hydrogens is 287 g/mol. The van der Waals surface area contributed by atoms with Crippen molar-refractivity contribution in [3.05, 3.63) is 29.6 Å². The minimum atomic E-state index is -4.35. The Bertz CT molecular complexity index is 607. The normalized spacial score (nSPS) is 13.9. The first kappa shape index (κ1) is 15.2. The van der Waals surface area contributed by atoms with E-state index in [0.717, 1.165) is 24.3 Å². The van der Waals surface area contributed by atoms with Crippen molar-refractivity contribution in [2.75, 3.05) is 12.0 Å². The van der Waals surface area contributed by atoms with Crippen LogP contribution in [0.2, 0.25) is 0 Å². The fourth-order valence-corrected chi connectivity index (χ4v) is 2.59. The topological polar surface area (TPSA) is 43.8 Å². The molecule has 1 unspecified atom stereocenters. The van der Waals surface area contributed by atoms with Crippen LogP contribution < -0.4 is 5.73 Å². The minimum absolute atomic E-state index is 0.269. The van der Waals surface area contributed by atoms with Gasteiger partial charge in [-0.2, -0.15) is 24.9 Å². The molecular formula is C13H16F3N3S. The predicted molar refractivity (Wildman–Crippen MR) is 75.6 cm³/mol. The zero-order valence-electron chi connectivity index (χ0n) is 11.2. The molecule has 0 radical (unpaired) electrons. The summed E-state index contributed by atoms with van der Waals surface area (Å²) >= 11 is 1.68. The van der Waals surface area contributed by atoms with Crippen molar-refractivity contribution < 1.29 is 13.2 Å². The Morgan fingerprint density at radius 1 is 1.40 bits per heavy atom. The Morgan fingerprint density at radius 3 is 2.70 bits per heavy atom. The van der Waals surface area contributed by atoms with Gasteiger partial charge in [0.05, 0.1) is 22.6 Å². The minimum Gasteiger partial charge on any atom is -0.330 e. The van der Waals surface area contributed by atoms with Crippen molar-refractivity contribution in [1.29, 1.82) is 0 Å². The fourth-order valence-electron chi connectivity index (χ4n) is 2.10. The maximum absolute atomic E-state index is 12.7. The standard InChI is InChI=1S/C13H16F3N3S/c1-19-11-4-3-8(13(14,15)16)7-10(11)18-12(19)9(17)5-6-20-2/h3-4,7,9H,5-6,17H2,1-2H3. The molecule has 1 aromatic heterocycles. The average Bonchev–Trinajstić information content (AvgIpc) is 2.72. The second-order valence-electron chi connectivity index (χ2n) is 4.62. The SMILES string of the molecule is CSCCC(N)c1nc2cc(C(F)(F)F)ccc2n1C. The molecule has 0 fully saturated rings. The molecule has 0 aliphatic carbocycles. The summed E-state index contributed by atoms with van der Waals surface area (Å²) in [7, 11) is 1.77. The van der Waals surface area contributed by atoms with Crippen LogP contribution in [0.15, 0.2) is 18.2 Å². The average molecular weight is 303 g/mol. The molecule has 0 saturated heterocycles. The number of imidazole rings is 1. The number of thioether (sulfide) groups is 1. The van der Waals surface area contributed by atoms with Gasteiger partial charge in [-0.1, -0.05) is 0 Å². The van der Waals surface area contributed by atoms with E-state index >= 15 is 0 Å². The maximum Gasteiger partial charge on any atom is 0.416 e. The lowest BCUT2D eigenvalue weighted by Gasteiger charge is -2.10. The summed E-state index contributed by atoms with van der Waals surface area (Å²) in [5.74, 6) is 1.51. The molecule has 2 aromatic rings. The van der Waals surface area contributed by atoms with Crippen molar-refractivity contribution in [3.8, 4) is 0 Å². The van der Waals surface area contributed by atoms with Crippen LogP contribution in [0.1, 0.15) is 23.9 Å². The fraction of sp³-hybridized carbons (Fsp3) is 0.462. The van der Waals surface area contributed by atoms with Gasteiger partial charge in [0.2, 0.25) is 0 Å². The molecule has 0 aliphatic heterocycles. The van der Waals surface area contributed by atoms with Gasteiger partial charge < -0.3 is 10.3 Å². The van der Waals surface area contributed by atoms with E-state index in [-0.39, 0.29) is 6.04 Å². The number of aryl methyl sites for hydroxylation is 1. The summed E-state index contributed by atoms with van der Waals surface area (Å²) in [6.07, 6.45) is -1.63. The van der Waals surface area contributed by atoms with Crippen LogP contribution in [0.3, 0.4) is 0 Å². The monoisotopic (exact) mass is 303 g/mol. The number of rotatable bonds is 4. The molecule has 0 bridgehead atoms. The van der Waals surface area contributed by atoms with Gasteiger partial charge in [0.1, 0.15) is 5.82 Å². The van der Waals surface area contributed by atoms with Crippen molar-refractivity contribution in [2.24, 2.45) is 12.8 Å². The first-order chi connectivity index (χ1) is 9.34. The van der Waals surface area contributed by atoms with Crippen molar-refractivity contribution >= 4 is 22.8 Å². The molecule has 1 heterocycles. The largest absolute Gasteiger partial charge is 0.416 e. The first-order valence-corrected chi connectivity index (χ1v) is 7.52. The van der Waals surface area contributed by atoms with Crippen LogP contribution in [0.4, 0.5) is 13.2 Å². The second-order valence-corrected chi connectivity index (χ2v) is 5.60. The quantitative estimate of drug-likeness (QED) is 0.942. The summed E-state index contributed by atoms with van der Waals surface area (Å²) < 4.78 is 39.8. The first-order valence-electron chi connectivity index (χ1n) is 6.12. The molecule has 110 valence electrons. The number of nitrogens with two attached hydrogens (primary N) is 1. The number of fused-ring (bicyclic) bond motifs is 1. The van der Waals surface area contributed by atoms with Gasteiger partial charge in [0.15, 0.2) is 0 Å². The number of alkyl halides is 3. The van der Waals surface area contributed by atoms with E-state index in [1.165, 1.54) is 6.07 Å². The van der Waals surface area contributed by atoms with Crippen LogP contribution in [0, 0.1) is 0 Å². The molecule has 1 aromatic carbocycles. The number of nitrogens with zero attached hydrogens (tertiary/aromatic N) is 2. The lowest BCUT2D eigenvalue weighted by atomic mass is 10.2. The Morgan fingerprint density at radius 2 is 2.10 bits per heavy atom. The zero-order valence-corrected chi connectivity index (χ0v) is 12.1. The summed E-state index contributed by atoms with van der Waals surface area (Å²) in [5, 5.41) is 0. The predicted octanol–water partition coefficient (Wildman–Crippen LogP) is 3.35. The van der Waals surface area contributed by atoms with Gasteiger partial charge in [-0.05, 0) is 36.6 Å². The number of benzene rings is 1. The Labute approximate surface area is 119 Å². The third kappa shape index (κ3) is 2.93. The highest BCUT2D eigenvalue weighted by Crippen LogP contribution is 2.32. The lowest BCUT2D eigenvalue weighted by Crippen LogP contribution is -2.16.